The van der Waals surface area contributed by atoms with Crippen LogP contribution >= 0.6 is 11.3 Å². The fraction of sp³-hybridized carbons (Fsp3) is 0.0526. The van der Waals surface area contributed by atoms with Crippen LogP contribution in [0.15, 0.2) is 65.0 Å². The van der Waals surface area contributed by atoms with E-state index in [1.165, 1.54) is 18.3 Å². The number of rotatable bonds is 4. The van der Waals surface area contributed by atoms with Gasteiger partial charge in [0, 0.05) is 16.6 Å². The highest BCUT2D eigenvalue weighted by atomic mass is 32.3. The molecule has 0 amide bonds. The van der Waals surface area contributed by atoms with Gasteiger partial charge in [-0.1, -0.05) is 29.5 Å². The van der Waals surface area contributed by atoms with Gasteiger partial charge in [-0.3, -0.25) is 0 Å². The summed E-state index contributed by atoms with van der Waals surface area (Å²) >= 11 is 0.960. The zero-order valence-corrected chi connectivity index (χ0v) is 15.7. The van der Waals surface area contributed by atoms with Crippen molar-refractivity contribution in [1.82, 2.24) is 9.97 Å². The minimum absolute atomic E-state index is 0.0357. The maximum Gasteiger partial charge on any atom is 0.350 e. The number of fused-ring (bicyclic) bond motifs is 1. The zero-order valence-electron chi connectivity index (χ0n) is 14.1. The van der Waals surface area contributed by atoms with Crippen molar-refractivity contribution in [1.29, 1.82) is 0 Å². The third-order valence-electron chi connectivity index (χ3n) is 3.84. The first-order valence-electron chi connectivity index (χ1n) is 7.95. The van der Waals surface area contributed by atoms with Gasteiger partial charge in [-0.05, 0) is 43.3 Å². The molecule has 8 heteroatoms. The van der Waals surface area contributed by atoms with E-state index in [9.17, 15) is 12.8 Å². The quantitative estimate of drug-likeness (QED) is 0.469. The molecule has 0 spiro atoms. The molecule has 5 nitrogen and oxygen atoms in total. The lowest BCUT2D eigenvalue weighted by molar-refractivity contribution is 0.490. The Morgan fingerprint density at radius 2 is 1.81 bits per heavy atom. The number of para-hydroxylation sites is 1. The fourth-order valence-electron chi connectivity index (χ4n) is 2.54. The highest BCUT2D eigenvalue weighted by Gasteiger charge is 2.22. The molecule has 136 valence electrons. The van der Waals surface area contributed by atoms with Crippen molar-refractivity contribution in [3.05, 3.63) is 72.3 Å². The summed E-state index contributed by atoms with van der Waals surface area (Å²) in [6, 6.07) is 14.5. The highest BCUT2D eigenvalue weighted by Crippen LogP contribution is 2.32. The Labute approximate surface area is 159 Å². The topological polar surface area (TPSA) is 69.2 Å². The van der Waals surface area contributed by atoms with Crippen LogP contribution in [0.3, 0.4) is 0 Å². The molecule has 0 unspecified atom stereocenters. The van der Waals surface area contributed by atoms with Gasteiger partial charge < -0.3 is 4.18 Å². The van der Waals surface area contributed by atoms with Gasteiger partial charge in [-0.25, -0.2) is 14.4 Å². The Hall–Kier alpha value is -2.84. The second kappa shape index (κ2) is 6.71. The largest absolute Gasteiger partial charge is 0.376 e. The minimum Gasteiger partial charge on any atom is -0.376 e. The molecule has 4 rings (SSSR count). The predicted octanol–water partition coefficient (Wildman–Crippen LogP) is 4.57. The summed E-state index contributed by atoms with van der Waals surface area (Å²) in [7, 11) is -4.07. The van der Waals surface area contributed by atoms with Crippen LogP contribution in [-0.4, -0.2) is 18.4 Å². The molecule has 0 aliphatic carbocycles. The normalized spacial score (nSPS) is 11.6. The van der Waals surface area contributed by atoms with Gasteiger partial charge in [-0.15, -0.1) is 0 Å². The van der Waals surface area contributed by atoms with Gasteiger partial charge in [0.1, 0.15) is 16.3 Å². The SMILES string of the molecule is Cc1ccc2cccc(OS(=O)(=O)c3cnc(-c4ccc(F)cc4)s3)c2n1. The number of pyridine rings is 1. The summed E-state index contributed by atoms with van der Waals surface area (Å²) in [5, 5.41) is 1.24. The van der Waals surface area contributed by atoms with Crippen LogP contribution in [0.4, 0.5) is 4.39 Å². The van der Waals surface area contributed by atoms with Gasteiger partial charge in [0.15, 0.2) is 9.96 Å². The maximum atomic E-state index is 13.1. The first-order chi connectivity index (χ1) is 12.9. The van der Waals surface area contributed by atoms with E-state index in [0.29, 0.717) is 16.1 Å². The number of thiazole rings is 1. The molecule has 0 saturated carbocycles. The van der Waals surface area contributed by atoms with Gasteiger partial charge in [-0.2, -0.15) is 8.42 Å². The molecule has 0 fully saturated rings. The van der Waals surface area contributed by atoms with Crippen LogP contribution in [0.1, 0.15) is 5.69 Å². The molecule has 0 radical (unpaired) electrons. The van der Waals surface area contributed by atoms with Crippen LogP contribution in [0.5, 0.6) is 5.75 Å². The van der Waals surface area contributed by atoms with Crippen LogP contribution in [0, 0.1) is 12.7 Å². The van der Waals surface area contributed by atoms with E-state index >= 15 is 0 Å². The molecule has 2 aromatic heterocycles. The average Bonchev–Trinajstić information content (AvgIpc) is 3.14. The predicted molar refractivity (Wildman–Crippen MR) is 102 cm³/mol. The monoisotopic (exact) mass is 400 g/mol. The van der Waals surface area contributed by atoms with E-state index < -0.39 is 10.1 Å². The van der Waals surface area contributed by atoms with Crippen molar-refractivity contribution in [3.63, 3.8) is 0 Å². The summed E-state index contributed by atoms with van der Waals surface area (Å²) in [5.74, 6) is -0.210. The Bertz CT molecular complexity index is 1240. The summed E-state index contributed by atoms with van der Waals surface area (Å²) in [4.78, 5) is 8.50. The maximum absolute atomic E-state index is 13.1. The molecule has 0 bridgehead atoms. The first-order valence-corrected chi connectivity index (χ1v) is 10.2. The van der Waals surface area contributed by atoms with Gasteiger partial charge in [0.25, 0.3) is 0 Å². The van der Waals surface area contributed by atoms with Gasteiger partial charge in [0.05, 0.1) is 6.20 Å². The molecule has 0 N–H and O–H groups in total. The summed E-state index contributed by atoms with van der Waals surface area (Å²) in [6.45, 7) is 1.82. The molecule has 27 heavy (non-hydrogen) atoms. The van der Waals surface area contributed by atoms with Crippen molar-refractivity contribution in [3.8, 4) is 16.3 Å². The van der Waals surface area contributed by atoms with E-state index in [1.807, 2.05) is 25.1 Å². The van der Waals surface area contributed by atoms with E-state index in [-0.39, 0.29) is 15.8 Å². The van der Waals surface area contributed by atoms with Crippen molar-refractivity contribution < 1.29 is 17.0 Å². The minimum atomic E-state index is -4.07. The zero-order chi connectivity index (χ0) is 19.0. The molecule has 0 aliphatic heterocycles. The standard InChI is InChI=1S/C19H13FN2O3S2/c1-12-5-6-13-3-2-4-16(18(13)22-12)25-27(23,24)17-11-21-19(26-17)14-7-9-15(20)10-8-14/h2-11H,1H3. The molecule has 0 aliphatic rings. The molecular weight excluding hydrogens is 387 g/mol. The smallest absolute Gasteiger partial charge is 0.350 e. The number of benzene rings is 2. The molecule has 2 aromatic carbocycles. The number of hydrogen-bond donors (Lipinski definition) is 0. The second-order valence-electron chi connectivity index (χ2n) is 5.81. The van der Waals surface area contributed by atoms with E-state index in [0.717, 1.165) is 22.4 Å². The van der Waals surface area contributed by atoms with Crippen molar-refractivity contribution >= 4 is 32.4 Å². The van der Waals surface area contributed by atoms with Crippen LogP contribution in [0.25, 0.3) is 21.5 Å². The number of aryl methyl sites for hydroxylation is 1. The fourth-order valence-corrected chi connectivity index (χ4v) is 4.58. The molecule has 2 heterocycles. The molecule has 0 saturated heterocycles. The molecule has 0 atom stereocenters. The molecule has 4 aromatic rings. The van der Waals surface area contributed by atoms with Crippen LogP contribution in [-0.2, 0) is 10.1 Å². The second-order valence-corrected chi connectivity index (χ2v) is 8.61. The van der Waals surface area contributed by atoms with Gasteiger partial charge in [0.2, 0.25) is 0 Å². The van der Waals surface area contributed by atoms with Crippen LogP contribution in [0.2, 0.25) is 0 Å². The number of halogens is 1. The number of hydrogen-bond acceptors (Lipinski definition) is 6. The van der Waals surface area contributed by atoms with E-state index in [1.54, 1.807) is 24.3 Å². The van der Waals surface area contributed by atoms with Crippen molar-refractivity contribution in [2.45, 2.75) is 11.1 Å². The number of aromatic nitrogens is 2. The third-order valence-corrected chi connectivity index (χ3v) is 6.54. The van der Waals surface area contributed by atoms with Crippen molar-refractivity contribution in [2.24, 2.45) is 0 Å². The summed E-state index contributed by atoms with van der Waals surface area (Å²) in [6.07, 6.45) is 1.24. The third kappa shape index (κ3) is 3.54. The van der Waals surface area contributed by atoms with Crippen molar-refractivity contribution in [2.75, 3.05) is 0 Å². The lowest BCUT2D eigenvalue weighted by atomic mass is 10.2. The summed E-state index contributed by atoms with van der Waals surface area (Å²) < 4.78 is 43.7. The molecular formula is C19H13FN2O3S2. The summed E-state index contributed by atoms with van der Waals surface area (Å²) in [5.41, 5.74) is 1.86. The average molecular weight is 400 g/mol. The first kappa shape index (κ1) is 17.6. The Kier molecular flexibility index (Phi) is 4.37. The Balaban J connectivity index is 1.69. The van der Waals surface area contributed by atoms with Gasteiger partial charge >= 0.3 is 10.1 Å². The van der Waals surface area contributed by atoms with E-state index in [4.69, 9.17) is 4.18 Å². The van der Waals surface area contributed by atoms with Crippen LogP contribution < -0.4 is 4.18 Å². The number of nitrogens with zero attached hydrogens (tertiary/aromatic N) is 2. The Morgan fingerprint density at radius 3 is 2.59 bits per heavy atom. The lowest BCUT2D eigenvalue weighted by Gasteiger charge is -2.08. The highest BCUT2D eigenvalue weighted by molar-refractivity contribution is 7.89. The lowest BCUT2D eigenvalue weighted by Crippen LogP contribution is -2.08. The van der Waals surface area contributed by atoms with E-state index in [2.05, 4.69) is 9.97 Å². The Morgan fingerprint density at radius 1 is 1.04 bits per heavy atom.